The van der Waals surface area contributed by atoms with E-state index in [-0.39, 0.29) is 5.69 Å². The summed E-state index contributed by atoms with van der Waals surface area (Å²) in [6.45, 7) is 4.61. The van der Waals surface area contributed by atoms with E-state index in [1.165, 1.54) is 11.8 Å². The molecule has 3 aromatic rings. The molecule has 0 radical (unpaired) electrons. The first-order chi connectivity index (χ1) is 14.4. The quantitative estimate of drug-likeness (QED) is 0.249. The molecule has 0 aliphatic carbocycles. The number of unbranched alkanes of at least 4 members (excludes halogenated alkanes) is 3. The smallest absolute Gasteiger partial charge is 0.237 e. The Hall–Kier alpha value is -2.48. The van der Waals surface area contributed by atoms with Crippen LogP contribution in [0.15, 0.2) is 41.6 Å². The molecule has 1 atom stereocenters. The summed E-state index contributed by atoms with van der Waals surface area (Å²) in [7, 11) is 0. The van der Waals surface area contributed by atoms with Gasteiger partial charge in [0.1, 0.15) is 0 Å². The lowest BCUT2D eigenvalue weighted by Gasteiger charge is -2.14. The Morgan fingerprint density at radius 2 is 1.87 bits per heavy atom. The molecule has 0 saturated carbocycles. The number of nitrogens with zero attached hydrogens (tertiary/aromatic N) is 2. The molecular weight excluding hydrogens is 411 g/mol. The Bertz CT molecular complexity index is 1040. The SMILES string of the molecule is CCCCCCn1c(S[C@@H](C)C(=O)Nc2ccc(F)c(F)c2F)nc2ccccc21. The fourth-order valence-corrected chi connectivity index (χ4v) is 4.07. The first-order valence-corrected chi connectivity index (χ1v) is 10.9. The van der Waals surface area contributed by atoms with Crippen LogP contribution >= 0.6 is 11.8 Å². The number of nitrogens with one attached hydrogen (secondary N) is 1. The largest absolute Gasteiger partial charge is 0.323 e. The van der Waals surface area contributed by atoms with E-state index < -0.39 is 28.6 Å². The summed E-state index contributed by atoms with van der Waals surface area (Å²) in [5, 5.41) is 2.41. The number of rotatable bonds is 9. The minimum atomic E-state index is -1.61. The maximum Gasteiger partial charge on any atom is 0.237 e. The Morgan fingerprint density at radius 3 is 2.63 bits per heavy atom. The van der Waals surface area contributed by atoms with Crippen molar-refractivity contribution in [2.75, 3.05) is 5.32 Å². The third-order valence-corrected chi connectivity index (χ3v) is 5.89. The van der Waals surface area contributed by atoms with Crippen molar-refractivity contribution < 1.29 is 18.0 Å². The van der Waals surface area contributed by atoms with E-state index in [0.29, 0.717) is 5.16 Å². The Morgan fingerprint density at radius 1 is 1.10 bits per heavy atom. The van der Waals surface area contributed by atoms with Crippen molar-refractivity contribution >= 4 is 34.4 Å². The third kappa shape index (κ3) is 4.98. The third-order valence-electron chi connectivity index (χ3n) is 4.80. The summed E-state index contributed by atoms with van der Waals surface area (Å²) in [6, 6.07) is 9.56. The summed E-state index contributed by atoms with van der Waals surface area (Å²) < 4.78 is 42.5. The van der Waals surface area contributed by atoms with Crippen molar-refractivity contribution in [3.05, 3.63) is 53.8 Å². The molecule has 8 heteroatoms. The number of halogens is 3. The summed E-state index contributed by atoms with van der Waals surface area (Å²) in [4.78, 5) is 17.2. The van der Waals surface area contributed by atoms with Crippen molar-refractivity contribution in [2.24, 2.45) is 0 Å². The van der Waals surface area contributed by atoms with Crippen LogP contribution in [0.3, 0.4) is 0 Å². The molecule has 0 aliphatic heterocycles. The van der Waals surface area contributed by atoms with Gasteiger partial charge in [0.25, 0.3) is 0 Å². The van der Waals surface area contributed by atoms with Crippen LogP contribution in [-0.2, 0) is 11.3 Å². The number of imidazole rings is 1. The fourth-order valence-electron chi connectivity index (χ4n) is 3.12. The number of hydrogen-bond donors (Lipinski definition) is 1. The van der Waals surface area contributed by atoms with Gasteiger partial charge in [-0.15, -0.1) is 0 Å². The van der Waals surface area contributed by atoms with Gasteiger partial charge in [0.05, 0.1) is 22.0 Å². The van der Waals surface area contributed by atoms with Crippen LogP contribution in [0.5, 0.6) is 0 Å². The second-order valence-corrected chi connectivity index (χ2v) is 8.38. The van der Waals surface area contributed by atoms with E-state index in [1.54, 1.807) is 6.92 Å². The molecular formula is C22H24F3N3OS. The monoisotopic (exact) mass is 435 g/mol. The van der Waals surface area contributed by atoms with Gasteiger partial charge in [0.15, 0.2) is 22.6 Å². The van der Waals surface area contributed by atoms with Crippen molar-refractivity contribution in [1.82, 2.24) is 9.55 Å². The van der Waals surface area contributed by atoms with Crippen LogP contribution in [0.2, 0.25) is 0 Å². The van der Waals surface area contributed by atoms with Crippen molar-refractivity contribution in [3.63, 3.8) is 0 Å². The average Bonchev–Trinajstić information content (AvgIpc) is 3.08. The van der Waals surface area contributed by atoms with Crippen molar-refractivity contribution in [3.8, 4) is 0 Å². The molecule has 1 N–H and O–H groups in total. The number of para-hydroxylation sites is 2. The van der Waals surface area contributed by atoms with Gasteiger partial charge in [-0.1, -0.05) is 50.1 Å². The summed E-state index contributed by atoms with van der Waals surface area (Å²) in [6.07, 6.45) is 4.42. The summed E-state index contributed by atoms with van der Waals surface area (Å²) >= 11 is 1.25. The number of benzene rings is 2. The number of carbonyl (C=O) groups is 1. The number of hydrogen-bond acceptors (Lipinski definition) is 3. The van der Waals surface area contributed by atoms with Gasteiger partial charge in [-0.25, -0.2) is 18.2 Å². The minimum Gasteiger partial charge on any atom is -0.323 e. The van der Waals surface area contributed by atoms with E-state index in [9.17, 15) is 18.0 Å². The number of aryl methyl sites for hydroxylation is 1. The second-order valence-electron chi connectivity index (χ2n) is 7.07. The first-order valence-electron chi connectivity index (χ1n) is 9.98. The predicted molar refractivity (Wildman–Crippen MR) is 114 cm³/mol. The molecule has 1 heterocycles. The summed E-state index contributed by atoms with van der Waals surface area (Å²) in [5.74, 6) is -4.84. The van der Waals surface area contributed by atoms with Crippen molar-refractivity contribution in [2.45, 2.75) is 56.5 Å². The van der Waals surface area contributed by atoms with Crippen LogP contribution in [-0.4, -0.2) is 20.7 Å². The lowest BCUT2D eigenvalue weighted by Crippen LogP contribution is -2.23. The molecule has 1 aromatic heterocycles. The van der Waals surface area contributed by atoms with Gasteiger partial charge in [0, 0.05) is 6.54 Å². The van der Waals surface area contributed by atoms with Gasteiger partial charge in [-0.2, -0.15) is 0 Å². The normalized spacial score (nSPS) is 12.3. The highest BCUT2D eigenvalue weighted by Gasteiger charge is 2.22. The molecule has 0 saturated heterocycles. The number of thioether (sulfide) groups is 1. The van der Waals surface area contributed by atoms with E-state index in [1.807, 2.05) is 24.3 Å². The van der Waals surface area contributed by atoms with Crippen LogP contribution in [0.1, 0.15) is 39.5 Å². The first kappa shape index (κ1) is 22.2. The van der Waals surface area contributed by atoms with Gasteiger partial charge in [0.2, 0.25) is 5.91 Å². The van der Waals surface area contributed by atoms with E-state index in [0.717, 1.165) is 55.4 Å². The van der Waals surface area contributed by atoms with E-state index in [2.05, 4.69) is 21.8 Å². The maximum absolute atomic E-state index is 13.9. The van der Waals surface area contributed by atoms with Crippen LogP contribution in [0.4, 0.5) is 18.9 Å². The standard InChI is InChI=1S/C22H24F3N3OS/c1-3-4-5-8-13-28-18-10-7-6-9-16(18)27-22(28)30-14(2)21(29)26-17-12-11-15(23)19(24)20(17)25/h6-7,9-12,14H,3-5,8,13H2,1-2H3,(H,26,29)/t14-/m0/s1. The number of carbonyl (C=O) groups excluding carboxylic acids is 1. The van der Waals surface area contributed by atoms with E-state index >= 15 is 0 Å². The van der Waals surface area contributed by atoms with Gasteiger partial charge in [-0.3, -0.25) is 4.79 Å². The molecule has 2 aromatic carbocycles. The molecule has 0 fully saturated rings. The highest BCUT2D eigenvalue weighted by atomic mass is 32.2. The molecule has 1 amide bonds. The Labute approximate surface area is 177 Å². The number of amides is 1. The molecule has 160 valence electrons. The lowest BCUT2D eigenvalue weighted by atomic mass is 10.2. The molecule has 0 bridgehead atoms. The van der Waals surface area contributed by atoms with Crippen molar-refractivity contribution in [1.29, 1.82) is 0 Å². The summed E-state index contributed by atoms with van der Waals surface area (Å²) in [5.41, 5.74) is 1.45. The number of aromatic nitrogens is 2. The van der Waals surface area contributed by atoms with Gasteiger partial charge >= 0.3 is 0 Å². The molecule has 4 nitrogen and oxygen atoms in total. The van der Waals surface area contributed by atoms with Crippen LogP contribution in [0.25, 0.3) is 11.0 Å². The highest BCUT2D eigenvalue weighted by Crippen LogP contribution is 2.29. The molecule has 0 spiro atoms. The molecule has 3 rings (SSSR count). The molecule has 0 unspecified atom stereocenters. The number of anilines is 1. The topological polar surface area (TPSA) is 46.9 Å². The van der Waals surface area contributed by atoms with Gasteiger partial charge < -0.3 is 9.88 Å². The van der Waals surface area contributed by atoms with Crippen LogP contribution < -0.4 is 5.32 Å². The van der Waals surface area contributed by atoms with E-state index in [4.69, 9.17) is 0 Å². The Balaban J connectivity index is 1.76. The highest BCUT2D eigenvalue weighted by molar-refractivity contribution is 8.00. The fraction of sp³-hybridized carbons (Fsp3) is 0.364. The van der Waals surface area contributed by atoms with Gasteiger partial charge in [-0.05, 0) is 37.6 Å². The zero-order chi connectivity index (χ0) is 21.7. The second kappa shape index (κ2) is 10.0. The molecule has 0 aliphatic rings. The Kier molecular flexibility index (Phi) is 7.42. The zero-order valence-corrected chi connectivity index (χ0v) is 17.7. The number of fused-ring (bicyclic) bond motifs is 1. The molecule has 30 heavy (non-hydrogen) atoms. The maximum atomic E-state index is 13.9. The minimum absolute atomic E-state index is 0.389. The predicted octanol–water partition coefficient (Wildman–Crippen LogP) is 6.15. The van der Waals surface area contributed by atoms with Crippen LogP contribution in [0, 0.1) is 17.5 Å². The average molecular weight is 436 g/mol. The lowest BCUT2D eigenvalue weighted by molar-refractivity contribution is -0.115. The zero-order valence-electron chi connectivity index (χ0n) is 16.9.